The van der Waals surface area contributed by atoms with E-state index in [0.717, 1.165) is 11.3 Å². The number of esters is 1. The Morgan fingerprint density at radius 1 is 1.12 bits per heavy atom. The molecule has 0 spiro atoms. The number of nitrogens with two attached hydrogens (primary N) is 1. The van der Waals surface area contributed by atoms with Crippen LogP contribution in [0.25, 0.3) is 0 Å². The predicted molar refractivity (Wildman–Crippen MR) is 92.1 cm³/mol. The Hall–Kier alpha value is -3.02. The molecule has 0 aliphatic rings. The van der Waals surface area contributed by atoms with Crippen molar-refractivity contribution >= 4 is 23.3 Å². The summed E-state index contributed by atoms with van der Waals surface area (Å²) in [6.45, 7) is 3.87. The average molecular weight is 328 g/mol. The molecule has 24 heavy (non-hydrogen) atoms. The van der Waals surface area contributed by atoms with Crippen molar-refractivity contribution in [1.82, 2.24) is 0 Å². The maximum absolute atomic E-state index is 12.0. The summed E-state index contributed by atoms with van der Waals surface area (Å²) < 4.78 is 10.3. The standard InChI is InChI=1S/C18H20N2O4/c1-3-23-14-9-7-13(8-10-14)20-16(21)11-24-18(22)15-6-4-5-12(2)17(15)19/h4-10H,3,11,19H2,1-2H3,(H,20,21). The van der Waals surface area contributed by atoms with Gasteiger partial charge in [-0.2, -0.15) is 0 Å². The molecule has 0 aliphatic carbocycles. The highest BCUT2D eigenvalue weighted by Crippen LogP contribution is 2.18. The van der Waals surface area contributed by atoms with Gasteiger partial charge in [-0.15, -0.1) is 0 Å². The second-order valence-electron chi connectivity index (χ2n) is 5.12. The van der Waals surface area contributed by atoms with Gasteiger partial charge in [0.2, 0.25) is 0 Å². The quantitative estimate of drug-likeness (QED) is 0.628. The summed E-state index contributed by atoms with van der Waals surface area (Å²) >= 11 is 0. The topological polar surface area (TPSA) is 90.6 Å². The van der Waals surface area contributed by atoms with Gasteiger partial charge in [0.25, 0.3) is 5.91 Å². The molecule has 6 heteroatoms. The van der Waals surface area contributed by atoms with Crippen molar-refractivity contribution in [1.29, 1.82) is 0 Å². The van der Waals surface area contributed by atoms with Gasteiger partial charge >= 0.3 is 5.97 Å². The Kier molecular flexibility index (Phi) is 5.78. The first-order valence-corrected chi connectivity index (χ1v) is 7.56. The van der Waals surface area contributed by atoms with Gasteiger partial charge in [0, 0.05) is 11.4 Å². The van der Waals surface area contributed by atoms with Crippen LogP contribution in [0.15, 0.2) is 42.5 Å². The van der Waals surface area contributed by atoms with Crippen molar-refractivity contribution in [2.45, 2.75) is 13.8 Å². The molecule has 0 atom stereocenters. The number of rotatable bonds is 6. The molecule has 6 nitrogen and oxygen atoms in total. The van der Waals surface area contributed by atoms with Gasteiger partial charge in [-0.05, 0) is 49.7 Å². The lowest BCUT2D eigenvalue weighted by Crippen LogP contribution is -2.21. The molecule has 0 fully saturated rings. The van der Waals surface area contributed by atoms with Crippen LogP contribution in [-0.4, -0.2) is 25.1 Å². The Labute approximate surface area is 140 Å². The number of hydrogen-bond donors (Lipinski definition) is 2. The lowest BCUT2D eigenvalue weighted by atomic mass is 10.1. The third-order valence-corrected chi connectivity index (χ3v) is 3.33. The molecule has 0 radical (unpaired) electrons. The minimum atomic E-state index is -0.627. The molecule has 2 rings (SSSR count). The fraction of sp³-hybridized carbons (Fsp3) is 0.222. The Bertz CT molecular complexity index is 726. The minimum Gasteiger partial charge on any atom is -0.494 e. The van der Waals surface area contributed by atoms with Crippen molar-refractivity contribution < 1.29 is 19.1 Å². The molecule has 0 saturated carbocycles. The fourth-order valence-electron chi connectivity index (χ4n) is 2.07. The van der Waals surface area contributed by atoms with E-state index in [4.69, 9.17) is 15.2 Å². The number of nitrogen functional groups attached to an aromatic ring is 1. The SMILES string of the molecule is CCOc1ccc(NC(=O)COC(=O)c2cccc(C)c2N)cc1. The second-order valence-corrected chi connectivity index (χ2v) is 5.12. The lowest BCUT2D eigenvalue weighted by Gasteiger charge is -2.09. The summed E-state index contributed by atoms with van der Waals surface area (Å²) in [7, 11) is 0. The van der Waals surface area contributed by atoms with Gasteiger partial charge < -0.3 is 20.5 Å². The zero-order chi connectivity index (χ0) is 17.5. The van der Waals surface area contributed by atoms with Gasteiger partial charge in [0.1, 0.15) is 5.75 Å². The summed E-state index contributed by atoms with van der Waals surface area (Å²) in [5.74, 6) is -0.339. The number of ether oxygens (including phenoxy) is 2. The molecule has 0 aromatic heterocycles. The molecule has 0 unspecified atom stereocenters. The number of aryl methyl sites for hydroxylation is 1. The van der Waals surface area contributed by atoms with Gasteiger partial charge in [0.05, 0.1) is 12.2 Å². The molecule has 0 heterocycles. The van der Waals surface area contributed by atoms with Crippen LogP contribution in [0.4, 0.5) is 11.4 Å². The van der Waals surface area contributed by atoms with Gasteiger partial charge in [-0.3, -0.25) is 4.79 Å². The molecule has 0 saturated heterocycles. The summed E-state index contributed by atoms with van der Waals surface area (Å²) in [5.41, 5.74) is 7.82. The van der Waals surface area contributed by atoms with E-state index in [1.165, 1.54) is 0 Å². The summed E-state index contributed by atoms with van der Waals surface area (Å²) in [6.07, 6.45) is 0. The van der Waals surface area contributed by atoms with Crippen LogP contribution in [-0.2, 0) is 9.53 Å². The van der Waals surface area contributed by atoms with Gasteiger partial charge in [0.15, 0.2) is 6.61 Å². The van der Waals surface area contributed by atoms with E-state index >= 15 is 0 Å². The molecule has 2 aromatic carbocycles. The summed E-state index contributed by atoms with van der Waals surface area (Å²) in [6, 6.07) is 12.0. The van der Waals surface area contributed by atoms with E-state index < -0.39 is 11.9 Å². The first kappa shape index (κ1) is 17.3. The highest BCUT2D eigenvalue weighted by atomic mass is 16.5. The van der Waals surface area contributed by atoms with Crippen LogP contribution in [0.3, 0.4) is 0 Å². The van der Waals surface area contributed by atoms with E-state index in [-0.39, 0.29) is 12.2 Å². The monoisotopic (exact) mass is 328 g/mol. The van der Waals surface area contributed by atoms with Crippen LogP contribution < -0.4 is 15.8 Å². The Morgan fingerprint density at radius 3 is 2.50 bits per heavy atom. The zero-order valence-corrected chi connectivity index (χ0v) is 13.7. The van der Waals surface area contributed by atoms with Crippen molar-refractivity contribution in [3.05, 3.63) is 53.6 Å². The maximum Gasteiger partial charge on any atom is 0.340 e. The van der Waals surface area contributed by atoms with Crippen molar-refractivity contribution in [2.75, 3.05) is 24.3 Å². The largest absolute Gasteiger partial charge is 0.494 e. The van der Waals surface area contributed by atoms with E-state index in [1.54, 1.807) is 49.4 Å². The van der Waals surface area contributed by atoms with Gasteiger partial charge in [-0.25, -0.2) is 4.79 Å². The zero-order valence-electron chi connectivity index (χ0n) is 13.7. The fourth-order valence-corrected chi connectivity index (χ4v) is 2.07. The maximum atomic E-state index is 12.0. The first-order chi connectivity index (χ1) is 11.5. The molecule has 3 N–H and O–H groups in total. The number of carbonyl (C=O) groups is 2. The van der Waals surface area contributed by atoms with E-state index in [2.05, 4.69) is 5.32 Å². The van der Waals surface area contributed by atoms with Crippen molar-refractivity contribution in [3.8, 4) is 5.75 Å². The Balaban J connectivity index is 1.88. The number of amides is 1. The summed E-state index contributed by atoms with van der Waals surface area (Å²) in [5, 5.41) is 2.64. The van der Waals surface area contributed by atoms with E-state index in [1.807, 2.05) is 6.92 Å². The van der Waals surface area contributed by atoms with E-state index in [0.29, 0.717) is 18.0 Å². The molecule has 0 aliphatic heterocycles. The predicted octanol–water partition coefficient (Wildman–Crippen LogP) is 2.77. The molecule has 126 valence electrons. The molecular formula is C18H20N2O4. The average Bonchev–Trinajstić information content (AvgIpc) is 2.57. The number of carbonyl (C=O) groups excluding carboxylic acids is 2. The molecule has 1 amide bonds. The van der Waals surface area contributed by atoms with E-state index in [9.17, 15) is 9.59 Å². The molecule has 0 bridgehead atoms. The van der Waals surface area contributed by atoms with Gasteiger partial charge in [-0.1, -0.05) is 12.1 Å². The number of hydrogen-bond acceptors (Lipinski definition) is 5. The minimum absolute atomic E-state index is 0.254. The highest BCUT2D eigenvalue weighted by molar-refractivity contribution is 5.98. The first-order valence-electron chi connectivity index (χ1n) is 7.56. The molecular weight excluding hydrogens is 308 g/mol. The van der Waals surface area contributed by atoms with Crippen LogP contribution in [0.5, 0.6) is 5.75 Å². The number of benzene rings is 2. The van der Waals surface area contributed by atoms with Crippen LogP contribution in [0, 0.1) is 6.92 Å². The van der Waals surface area contributed by atoms with Crippen LogP contribution in [0.2, 0.25) is 0 Å². The number of anilines is 2. The van der Waals surface area contributed by atoms with Crippen molar-refractivity contribution in [3.63, 3.8) is 0 Å². The highest BCUT2D eigenvalue weighted by Gasteiger charge is 2.14. The number of para-hydroxylation sites is 1. The Morgan fingerprint density at radius 2 is 1.83 bits per heavy atom. The second kappa shape index (κ2) is 8.01. The van der Waals surface area contributed by atoms with Crippen LogP contribution in [0.1, 0.15) is 22.8 Å². The number of nitrogens with one attached hydrogen (secondary N) is 1. The third-order valence-electron chi connectivity index (χ3n) is 3.33. The lowest BCUT2D eigenvalue weighted by molar-refractivity contribution is -0.119. The van der Waals surface area contributed by atoms with Crippen LogP contribution >= 0.6 is 0 Å². The molecule has 2 aromatic rings. The third kappa shape index (κ3) is 4.49. The van der Waals surface area contributed by atoms with Crippen molar-refractivity contribution in [2.24, 2.45) is 0 Å². The summed E-state index contributed by atoms with van der Waals surface area (Å²) in [4.78, 5) is 23.9. The smallest absolute Gasteiger partial charge is 0.340 e. The normalized spacial score (nSPS) is 10.1.